The molecule has 0 aromatic heterocycles. The number of amides is 1. The molecule has 4 heteroatoms. The van der Waals surface area contributed by atoms with Gasteiger partial charge in [0.25, 0.3) is 0 Å². The highest BCUT2D eigenvalue weighted by molar-refractivity contribution is 5.67. The summed E-state index contributed by atoms with van der Waals surface area (Å²) in [7, 11) is 1.67. The van der Waals surface area contributed by atoms with Crippen LogP contribution >= 0.6 is 0 Å². The van der Waals surface area contributed by atoms with Crippen LogP contribution in [0.25, 0.3) is 0 Å². The number of rotatable bonds is 3. The van der Waals surface area contributed by atoms with Gasteiger partial charge in [0.15, 0.2) is 6.23 Å². The number of carbonyl (C=O) groups is 1. The highest BCUT2D eigenvalue weighted by Crippen LogP contribution is 2.14. The highest BCUT2D eigenvalue weighted by atomic mass is 16.6. The van der Waals surface area contributed by atoms with Gasteiger partial charge in [-0.25, -0.2) is 4.79 Å². The van der Waals surface area contributed by atoms with Crippen LogP contribution in [0.15, 0.2) is 30.3 Å². The van der Waals surface area contributed by atoms with Crippen LogP contribution in [0.2, 0.25) is 0 Å². The molecule has 0 aliphatic carbocycles. The Morgan fingerprint density at radius 2 is 2.20 bits per heavy atom. The molecule has 1 aliphatic heterocycles. The van der Waals surface area contributed by atoms with Gasteiger partial charge in [-0.05, 0) is 5.56 Å². The van der Waals surface area contributed by atoms with Gasteiger partial charge in [0.05, 0.1) is 6.61 Å². The molecule has 0 bridgehead atoms. The summed E-state index contributed by atoms with van der Waals surface area (Å²) in [6.07, 6.45) is -0.436. The summed E-state index contributed by atoms with van der Waals surface area (Å²) in [6, 6.07) is 9.59. The number of hydrogen-bond acceptors (Lipinski definition) is 3. The lowest BCUT2D eigenvalue weighted by molar-refractivity contribution is 0.0893. The summed E-state index contributed by atoms with van der Waals surface area (Å²) in [5.41, 5.74) is 0.982. The number of ether oxygens (including phenoxy) is 2. The number of nitrogens with zero attached hydrogens (tertiary/aromatic N) is 1. The maximum absolute atomic E-state index is 11.4. The zero-order valence-electron chi connectivity index (χ0n) is 8.55. The average molecular weight is 207 g/mol. The van der Waals surface area contributed by atoms with Crippen LogP contribution in [0.4, 0.5) is 4.79 Å². The zero-order chi connectivity index (χ0) is 10.7. The number of likely N-dealkylation sites (N-methyl/N-ethyl adjacent to an activating group) is 1. The molecule has 1 amide bonds. The van der Waals surface area contributed by atoms with Crippen molar-refractivity contribution < 1.29 is 14.3 Å². The van der Waals surface area contributed by atoms with E-state index in [9.17, 15) is 4.79 Å². The van der Waals surface area contributed by atoms with Gasteiger partial charge in [0.2, 0.25) is 0 Å². The Morgan fingerprint density at radius 1 is 1.53 bits per heavy atom. The van der Waals surface area contributed by atoms with Crippen molar-refractivity contribution in [2.45, 2.75) is 12.8 Å². The first-order chi connectivity index (χ1) is 7.27. The fourth-order valence-electron chi connectivity index (χ4n) is 1.21. The second-order valence-electron chi connectivity index (χ2n) is 3.44. The SMILES string of the molecule is CN(C(=O)OCc1ccccc1)C1CO1. The first kappa shape index (κ1) is 9.98. The van der Waals surface area contributed by atoms with Crippen LogP contribution in [0.5, 0.6) is 0 Å². The van der Waals surface area contributed by atoms with Gasteiger partial charge in [-0.3, -0.25) is 4.90 Å². The second kappa shape index (κ2) is 4.31. The molecule has 1 heterocycles. The fraction of sp³-hybridized carbons (Fsp3) is 0.364. The number of benzene rings is 1. The van der Waals surface area contributed by atoms with Gasteiger partial charge < -0.3 is 9.47 Å². The monoisotopic (exact) mass is 207 g/mol. The van der Waals surface area contributed by atoms with Crippen molar-refractivity contribution in [2.24, 2.45) is 0 Å². The smallest absolute Gasteiger partial charge is 0.411 e. The van der Waals surface area contributed by atoms with Crippen LogP contribution in [-0.4, -0.2) is 30.9 Å². The molecule has 0 N–H and O–H groups in total. The first-order valence-corrected chi connectivity index (χ1v) is 4.82. The molecule has 1 atom stereocenters. The molecule has 1 aromatic carbocycles. The van der Waals surface area contributed by atoms with E-state index in [0.29, 0.717) is 13.2 Å². The van der Waals surface area contributed by atoms with Crippen LogP contribution in [0.3, 0.4) is 0 Å². The minimum atomic E-state index is -0.346. The molecule has 1 aromatic rings. The Kier molecular flexibility index (Phi) is 2.87. The third-order valence-electron chi connectivity index (χ3n) is 2.24. The standard InChI is InChI=1S/C11H13NO3/c1-12(10-8-14-10)11(13)15-7-9-5-3-2-4-6-9/h2-6,10H,7-8H2,1H3. The van der Waals surface area contributed by atoms with Gasteiger partial charge in [-0.1, -0.05) is 30.3 Å². The minimum Gasteiger partial charge on any atom is -0.444 e. The Bertz CT molecular complexity index is 335. The minimum absolute atomic E-state index is 0.0896. The first-order valence-electron chi connectivity index (χ1n) is 4.82. The molecule has 15 heavy (non-hydrogen) atoms. The van der Waals surface area contributed by atoms with Crippen molar-refractivity contribution in [3.8, 4) is 0 Å². The van der Waals surface area contributed by atoms with Crippen molar-refractivity contribution >= 4 is 6.09 Å². The second-order valence-corrected chi connectivity index (χ2v) is 3.44. The summed E-state index contributed by atoms with van der Waals surface area (Å²) in [5, 5.41) is 0. The van der Waals surface area contributed by atoms with Gasteiger partial charge in [0.1, 0.15) is 6.61 Å². The number of hydrogen-bond donors (Lipinski definition) is 0. The average Bonchev–Trinajstić information content (AvgIpc) is 3.10. The Morgan fingerprint density at radius 3 is 2.80 bits per heavy atom. The van der Waals surface area contributed by atoms with E-state index in [4.69, 9.17) is 9.47 Å². The lowest BCUT2D eigenvalue weighted by Gasteiger charge is -2.13. The van der Waals surface area contributed by atoms with Crippen molar-refractivity contribution in [3.63, 3.8) is 0 Å². The van der Waals surface area contributed by atoms with Gasteiger partial charge in [-0.2, -0.15) is 0 Å². The third-order valence-corrected chi connectivity index (χ3v) is 2.24. The lowest BCUT2D eigenvalue weighted by Crippen LogP contribution is -2.30. The molecule has 1 unspecified atom stereocenters. The summed E-state index contributed by atoms with van der Waals surface area (Å²) >= 11 is 0. The summed E-state index contributed by atoms with van der Waals surface area (Å²) < 4.78 is 10.1. The molecule has 0 spiro atoms. The maximum Gasteiger partial charge on any atom is 0.411 e. The summed E-state index contributed by atoms with van der Waals surface area (Å²) in [6.45, 7) is 0.910. The largest absolute Gasteiger partial charge is 0.444 e. The van der Waals surface area contributed by atoms with Crippen LogP contribution in [0.1, 0.15) is 5.56 Å². The topological polar surface area (TPSA) is 42.1 Å². The molecule has 4 nitrogen and oxygen atoms in total. The maximum atomic E-state index is 11.4. The molecule has 1 saturated heterocycles. The van der Waals surface area contributed by atoms with E-state index < -0.39 is 0 Å². The molecule has 1 aliphatic rings. The van der Waals surface area contributed by atoms with Gasteiger partial charge in [0, 0.05) is 7.05 Å². The third kappa shape index (κ3) is 2.70. The Labute approximate surface area is 88.4 Å². The van der Waals surface area contributed by atoms with E-state index in [1.807, 2.05) is 30.3 Å². The van der Waals surface area contributed by atoms with E-state index in [2.05, 4.69) is 0 Å². The number of carbonyl (C=O) groups excluding carboxylic acids is 1. The van der Waals surface area contributed by atoms with Crippen molar-refractivity contribution in [2.75, 3.05) is 13.7 Å². The van der Waals surface area contributed by atoms with Crippen LogP contribution < -0.4 is 0 Å². The molecular weight excluding hydrogens is 194 g/mol. The molecule has 2 rings (SSSR count). The highest BCUT2D eigenvalue weighted by Gasteiger charge is 2.31. The molecular formula is C11H13NO3. The molecule has 0 radical (unpaired) electrons. The molecule has 1 fully saturated rings. The van der Waals surface area contributed by atoms with E-state index in [1.54, 1.807) is 7.05 Å². The molecule has 0 saturated carbocycles. The van der Waals surface area contributed by atoms with E-state index in [-0.39, 0.29) is 12.3 Å². The fourth-order valence-corrected chi connectivity index (χ4v) is 1.21. The van der Waals surface area contributed by atoms with E-state index >= 15 is 0 Å². The van der Waals surface area contributed by atoms with Crippen LogP contribution in [0, 0.1) is 0 Å². The van der Waals surface area contributed by atoms with Gasteiger partial charge in [-0.15, -0.1) is 0 Å². The van der Waals surface area contributed by atoms with Crippen molar-refractivity contribution in [1.29, 1.82) is 0 Å². The van der Waals surface area contributed by atoms with E-state index in [0.717, 1.165) is 5.56 Å². The predicted molar refractivity (Wildman–Crippen MR) is 54.1 cm³/mol. The van der Waals surface area contributed by atoms with Crippen molar-refractivity contribution in [3.05, 3.63) is 35.9 Å². The zero-order valence-corrected chi connectivity index (χ0v) is 8.55. The van der Waals surface area contributed by atoms with Crippen LogP contribution in [-0.2, 0) is 16.1 Å². The predicted octanol–water partition coefficient (Wildman–Crippen LogP) is 1.61. The quantitative estimate of drug-likeness (QED) is 0.707. The lowest BCUT2D eigenvalue weighted by atomic mass is 10.2. The Balaban J connectivity index is 1.80. The normalized spacial score (nSPS) is 18.3. The van der Waals surface area contributed by atoms with Gasteiger partial charge >= 0.3 is 6.09 Å². The summed E-state index contributed by atoms with van der Waals surface area (Å²) in [5.74, 6) is 0. The van der Waals surface area contributed by atoms with E-state index in [1.165, 1.54) is 4.90 Å². The summed E-state index contributed by atoms with van der Waals surface area (Å²) in [4.78, 5) is 12.9. The molecule has 80 valence electrons. The number of epoxide rings is 1. The Hall–Kier alpha value is -1.55. The van der Waals surface area contributed by atoms with Crippen molar-refractivity contribution in [1.82, 2.24) is 4.90 Å².